The van der Waals surface area contributed by atoms with Crippen LogP contribution in [0.4, 0.5) is 5.82 Å². The standard InChI is InChI=1S/C19H20N4O3/c1-23(11-15-9-13-5-3-4-6-16(13)25-15)18-8-7-14(10-20-18)19-21-17(12-24-2)22-26-19/h3-8,10,15H,9,11-12H2,1-2H3. The molecular formula is C19H20N4O3. The van der Waals surface area contributed by atoms with Gasteiger partial charge >= 0.3 is 0 Å². The van der Waals surface area contributed by atoms with Gasteiger partial charge in [0.2, 0.25) is 0 Å². The van der Waals surface area contributed by atoms with E-state index in [1.54, 1.807) is 13.3 Å². The zero-order chi connectivity index (χ0) is 17.9. The van der Waals surface area contributed by atoms with E-state index in [2.05, 4.69) is 26.1 Å². The van der Waals surface area contributed by atoms with Crippen molar-refractivity contribution in [1.29, 1.82) is 0 Å². The van der Waals surface area contributed by atoms with E-state index in [-0.39, 0.29) is 6.10 Å². The van der Waals surface area contributed by atoms with E-state index in [0.717, 1.165) is 30.1 Å². The van der Waals surface area contributed by atoms with Gasteiger partial charge in [0.15, 0.2) is 5.82 Å². The Bertz CT molecular complexity index is 854. The average Bonchev–Trinajstić information content (AvgIpc) is 3.28. The lowest BCUT2D eigenvalue weighted by molar-refractivity contribution is 0.174. The number of para-hydroxylation sites is 1. The summed E-state index contributed by atoms with van der Waals surface area (Å²) in [6.07, 6.45) is 2.79. The molecule has 7 nitrogen and oxygen atoms in total. The Morgan fingerprint density at radius 2 is 2.12 bits per heavy atom. The van der Waals surface area contributed by atoms with Gasteiger partial charge in [-0.15, -0.1) is 0 Å². The first-order chi connectivity index (χ1) is 12.7. The van der Waals surface area contributed by atoms with Gasteiger partial charge in [0.1, 0.15) is 24.3 Å². The third-order valence-corrected chi connectivity index (χ3v) is 4.32. The minimum Gasteiger partial charge on any atom is -0.488 e. The molecule has 4 rings (SSSR count). The van der Waals surface area contributed by atoms with Crippen LogP contribution in [-0.4, -0.2) is 41.9 Å². The lowest BCUT2D eigenvalue weighted by Crippen LogP contribution is -2.32. The van der Waals surface area contributed by atoms with Gasteiger partial charge in [0.25, 0.3) is 5.89 Å². The Hall–Kier alpha value is -2.93. The maximum atomic E-state index is 6.00. The summed E-state index contributed by atoms with van der Waals surface area (Å²) in [6.45, 7) is 1.08. The lowest BCUT2D eigenvalue weighted by Gasteiger charge is -2.22. The van der Waals surface area contributed by atoms with Crippen LogP contribution in [-0.2, 0) is 17.8 Å². The van der Waals surface area contributed by atoms with Crippen LogP contribution in [0, 0.1) is 0 Å². The first-order valence-electron chi connectivity index (χ1n) is 8.46. The minimum atomic E-state index is 0.131. The fourth-order valence-electron chi connectivity index (χ4n) is 3.05. The summed E-state index contributed by atoms with van der Waals surface area (Å²) in [4.78, 5) is 10.9. The van der Waals surface area contributed by atoms with Crippen LogP contribution in [0.25, 0.3) is 11.5 Å². The summed E-state index contributed by atoms with van der Waals surface area (Å²) < 4.78 is 16.2. The highest BCUT2D eigenvalue weighted by Crippen LogP contribution is 2.29. The van der Waals surface area contributed by atoms with Crippen LogP contribution < -0.4 is 9.64 Å². The maximum Gasteiger partial charge on any atom is 0.259 e. The van der Waals surface area contributed by atoms with Crippen molar-refractivity contribution in [3.05, 3.63) is 54.0 Å². The molecule has 0 amide bonds. The summed E-state index contributed by atoms with van der Waals surface area (Å²) in [5, 5.41) is 3.86. The molecule has 2 aromatic heterocycles. The molecule has 1 aromatic carbocycles. The molecule has 0 saturated heterocycles. The summed E-state index contributed by atoms with van der Waals surface area (Å²) in [5.74, 6) is 2.80. The molecule has 0 aliphatic carbocycles. The van der Waals surface area contributed by atoms with Crippen LogP contribution in [0.5, 0.6) is 5.75 Å². The molecule has 0 fully saturated rings. The van der Waals surface area contributed by atoms with Crippen molar-refractivity contribution >= 4 is 5.82 Å². The van der Waals surface area contributed by atoms with Crippen molar-refractivity contribution in [1.82, 2.24) is 15.1 Å². The number of pyridine rings is 1. The Labute approximate surface area is 151 Å². The van der Waals surface area contributed by atoms with E-state index < -0.39 is 0 Å². The smallest absolute Gasteiger partial charge is 0.259 e. The van der Waals surface area contributed by atoms with Crippen LogP contribution in [0.1, 0.15) is 11.4 Å². The van der Waals surface area contributed by atoms with E-state index in [1.807, 2.05) is 37.4 Å². The predicted octanol–water partition coefficient (Wildman–Crippen LogP) is 2.72. The number of nitrogens with zero attached hydrogens (tertiary/aromatic N) is 4. The van der Waals surface area contributed by atoms with E-state index in [1.165, 1.54) is 5.56 Å². The highest BCUT2D eigenvalue weighted by Gasteiger charge is 2.24. The molecule has 0 radical (unpaired) electrons. The normalized spacial score (nSPS) is 15.5. The van der Waals surface area contributed by atoms with Crippen molar-refractivity contribution in [2.45, 2.75) is 19.1 Å². The Morgan fingerprint density at radius 1 is 1.23 bits per heavy atom. The summed E-state index contributed by atoms with van der Waals surface area (Å²) in [6, 6.07) is 12.0. The molecule has 0 N–H and O–H groups in total. The monoisotopic (exact) mass is 352 g/mol. The number of hydrogen-bond donors (Lipinski definition) is 0. The summed E-state index contributed by atoms with van der Waals surface area (Å²) >= 11 is 0. The van der Waals surface area contributed by atoms with E-state index in [0.29, 0.717) is 18.3 Å². The van der Waals surface area contributed by atoms with Gasteiger partial charge in [-0.1, -0.05) is 23.4 Å². The summed E-state index contributed by atoms with van der Waals surface area (Å²) in [7, 11) is 3.60. The Kier molecular flexibility index (Phi) is 4.53. The first-order valence-corrected chi connectivity index (χ1v) is 8.46. The third kappa shape index (κ3) is 3.39. The van der Waals surface area contributed by atoms with Crippen molar-refractivity contribution < 1.29 is 14.0 Å². The van der Waals surface area contributed by atoms with Crippen LogP contribution in [0.15, 0.2) is 47.1 Å². The number of anilines is 1. The molecule has 3 aromatic rings. The molecule has 7 heteroatoms. The zero-order valence-corrected chi connectivity index (χ0v) is 14.8. The third-order valence-electron chi connectivity index (χ3n) is 4.32. The van der Waals surface area contributed by atoms with E-state index >= 15 is 0 Å². The van der Waals surface area contributed by atoms with Gasteiger partial charge in [-0.05, 0) is 23.8 Å². The predicted molar refractivity (Wildman–Crippen MR) is 96.1 cm³/mol. The van der Waals surface area contributed by atoms with Gasteiger partial charge in [-0.25, -0.2) is 4.98 Å². The molecule has 1 aliphatic heterocycles. The number of likely N-dealkylation sites (N-methyl/N-ethyl adjacent to an activating group) is 1. The molecule has 26 heavy (non-hydrogen) atoms. The fraction of sp³-hybridized carbons (Fsp3) is 0.316. The largest absolute Gasteiger partial charge is 0.488 e. The number of rotatable bonds is 6. The van der Waals surface area contributed by atoms with Crippen LogP contribution >= 0.6 is 0 Å². The molecule has 1 unspecified atom stereocenters. The lowest BCUT2D eigenvalue weighted by atomic mass is 10.1. The Balaban J connectivity index is 1.40. The second-order valence-corrected chi connectivity index (χ2v) is 6.29. The molecule has 0 spiro atoms. The second-order valence-electron chi connectivity index (χ2n) is 6.29. The van der Waals surface area contributed by atoms with Gasteiger partial charge in [-0.3, -0.25) is 0 Å². The minimum absolute atomic E-state index is 0.131. The molecule has 1 aliphatic rings. The van der Waals surface area contributed by atoms with Gasteiger partial charge in [0, 0.05) is 26.8 Å². The van der Waals surface area contributed by atoms with Crippen LogP contribution in [0.2, 0.25) is 0 Å². The molecule has 3 heterocycles. The maximum absolute atomic E-state index is 6.00. The number of methoxy groups -OCH3 is 1. The van der Waals surface area contributed by atoms with Crippen molar-refractivity contribution in [2.24, 2.45) is 0 Å². The number of ether oxygens (including phenoxy) is 2. The van der Waals surface area contributed by atoms with Crippen molar-refractivity contribution in [3.8, 4) is 17.2 Å². The number of fused-ring (bicyclic) bond motifs is 1. The highest BCUT2D eigenvalue weighted by atomic mass is 16.5. The van der Waals surface area contributed by atoms with Crippen molar-refractivity contribution in [2.75, 3.05) is 25.6 Å². The van der Waals surface area contributed by atoms with Crippen molar-refractivity contribution in [3.63, 3.8) is 0 Å². The first kappa shape index (κ1) is 16.5. The van der Waals surface area contributed by atoms with Crippen LogP contribution in [0.3, 0.4) is 0 Å². The van der Waals surface area contributed by atoms with E-state index in [9.17, 15) is 0 Å². The topological polar surface area (TPSA) is 73.5 Å². The molecule has 1 atom stereocenters. The molecule has 134 valence electrons. The van der Waals surface area contributed by atoms with E-state index in [4.69, 9.17) is 14.0 Å². The quantitative estimate of drug-likeness (QED) is 0.675. The number of aromatic nitrogens is 3. The summed E-state index contributed by atoms with van der Waals surface area (Å²) in [5.41, 5.74) is 2.04. The highest BCUT2D eigenvalue weighted by molar-refractivity contribution is 5.54. The SMILES string of the molecule is COCc1noc(-c2ccc(N(C)CC3Cc4ccccc4O3)nc2)n1. The molecule has 0 saturated carbocycles. The fourth-order valence-corrected chi connectivity index (χ4v) is 3.05. The zero-order valence-electron chi connectivity index (χ0n) is 14.8. The number of hydrogen-bond acceptors (Lipinski definition) is 7. The molecule has 0 bridgehead atoms. The molecular weight excluding hydrogens is 332 g/mol. The number of benzene rings is 1. The van der Waals surface area contributed by atoms with Gasteiger partial charge in [0.05, 0.1) is 12.1 Å². The Morgan fingerprint density at radius 3 is 2.88 bits per heavy atom. The second kappa shape index (κ2) is 7.13. The average molecular weight is 352 g/mol. The van der Waals surface area contributed by atoms with Gasteiger partial charge < -0.3 is 18.9 Å². The van der Waals surface area contributed by atoms with Gasteiger partial charge in [-0.2, -0.15) is 4.98 Å².